The lowest BCUT2D eigenvalue weighted by molar-refractivity contribution is 0.102. The lowest BCUT2D eigenvalue weighted by Gasteiger charge is -2.12. The molecule has 3 aromatic carbocycles. The van der Waals surface area contributed by atoms with Gasteiger partial charge in [0, 0.05) is 28.4 Å². The Kier molecular flexibility index (Phi) is 5.12. The first-order valence-corrected chi connectivity index (χ1v) is 9.41. The number of benzene rings is 3. The van der Waals surface area contributed by atoms with Gasteiger partial charge in [0.2, 0.25) is 5.43 Å². The van der Waals surface area contributed by atoms with E-state index in [0.717, 1.165) is 16.9 Å². The van der Waals surface area contributed by atoms with Gasteiger partial charge in [-0.25, -0.2) is 0 Å². The summed E-state index contributed by atoms with van der Waals surface area (Å²) in [6.07, 6.45) is 1.46. The van der Waals surface area contributed by atoms with Crippen molar-refractivity contribution in [2.75, 3.05) is 11.9 Å². The van der Waals surface area contributed by atoms with Gasteiger partial charge in [-0.15, -0.1) is 0 Å². The zero-order valence-corrected chi connectivity index (χ0v) is 15.9. The second-order valence-electron chi connectivity index (χ2n) is 6.54. The number of hydrogen-bond donors (Lipinski definition) is 2. The number of hydrogen-bond acceptors (Lipinski definition) is 3. The van der Waals surface area contributed by atoms with Crippen molar-refractivity contribution >= 4 is 22.5 Å². The summed E-state index contributed by atoms with van der Waals surface area (Å²) >= 11 is 0. The number of rotatable bonds is 5. The molecule has 0 saturated carbocycles. The fourth-order valence-electron chi connectivity index (χ4n) is 3.29. The molecule has 0 saturated heterocycles. The predicted octanol–water partition coefficient (Wildman–Crippen LogP) is 4.85. The molecule has 0 aliphatic heterocycles. The number of amides is 1. The highest BCUT2D eigenvalue weighted by Gasteiger charge is 2.15. The van der Waals surface area contributed by atoms with Crippen molar-refractivity contribution < 1.29 is 9.53 Å². The van der Waals surface area contributed by atoms with Gasteiger partial charge in [0.15, 0.2) is 0 Å². The number of ether oxygens (including phenoxy) is 1. The second-order valence-corrected chi connectivity index (χ2v) is 6.54. The molecule has 0 aliphatic carbocycles. The van der Waals surface area contributed by atoms with Gasteiger partial charge in [0.1, 0.15) is 11.3 Å². The van der Waals surface area contributed by atoms with Crippen molar-refractivity contribution in [2.45, 2.75) is 6.92 Å². The van der Waals surface area contributed by atoms with Crippen LogP contribution in [0.4, 0.5) is 5.69 Å². The Morgan fingerprint density at radius 3 is 2.66 bits per heavy atom. The lowest BCUT2D eigenvalue weighted by Crippen LogP contribution is -2.22. The van der Waals surface area contributed by atoms with Crippen molar-refractivity contribution in [2.24, 2.45) is 0 Å². The maximum absolute atomic E-state index is 12.9. The molecule has 5 nitrogen and oxygen atoms in total. The summed E-state index contributed by atoms with van der Waals surface area (Å²) in [7, 11) is 0. The van der Waals surface area contributed by atoms with E-state index < -0.39 is 5.91 Å². The molecule has 1 amide bonds. The van der Waals surface area contributed by atoms with Crippen LogP contribution in [0.25, 0.3) is 22.0 Å². The first kappa shape index (κ1) is 18.5. The Balaban J connectivity index is 1.69. The Morgan fingerprint density at radius 2 is 1.79 bits per heavy atom. The first-order valence-electron chi connectivity index (χ1n) is 9.41. The molecule has 0 radical (unpaired) electrons. The molecule has 144 valence electrons. The highest BCUT2D eigenvalue weighted by Crippen LogP contribution is 2.30. The van der Waals surface area contributed by atoms with E-state index >= 15 is 0 Å². The van der Waals surface area contributed by atoms with Crippen molar-refractivity contribution in [1.82, 2.24) is 4.98 Å². The third-order valence-electron chi connectivity index (χ3n) is 4.66. The SMILES string of the molecule is CCOc1cccc(-c2ccccc2NC(=O)c2c[nH]c3ccccc3c2=O)c1. The van der Waals surface area contributed by atoms with Gasteiger partial charge >= 0.3 is 0 Å². The summed E-state index contributed by atoms with van der Waals surface area (Å²) < 4.78 is 5.58. The highest BCUT2D eigenvalue weighted by molar-refractivity contribution is 6.07. The van der Waals surface area contributed by atoms with Crippen molar-refractivity contribution in [3.8, 4) is 16.9 Å². The predicted molar refractivity (Wildman–Crippen MR) is 116 cm³/mol. The number of H-pyrrole nitrogens is 1. The van der Waals surface area contributed by atoms with Crippen LogP contribution in [0.3, 0.4) is 0 Å². The average molecular weight is 384 g/mol. The van der Waals surface area contributed by atoms with E-state index in [-0.39, 0.29) is 11.0 Å². The molecule has 29 heavy (non-hydrogen) atoms. The summed E-state index contributed by atoms with van der Waals surface area (Å²) in [6.45, 7) is 2.51. The van der Waals surface area contributed by atoms with Crippen LogP contribution in [0.2, 0.25) is 0 Å². The molecule has 0 spiro atoms. The van der Waals surface area contributed by atoms with Gasteiger partial charge in [-0.1, -0.05) is 42.5 Å². The smallest absolute Gasteiger partial charge is 0.261 e. The maximum Gasteiger partial charge on any atom is 0.261 e. The molecule has 2 N–H and O–H groups in total. The van der Waals surface area contributed by atoms with Gasteiger partial charge in [0.25, 0.3) is 5.91 Å². The number of pyridine rings is 1. The lowest BCUT2D eigenvalue weighted by atomic mass is 10.0. The van der Waals surface area contributed by atoms with E-state index in [9.17, 15) is 9.59 Å². The van der Waals surface area contributed by atoms with Gasteiger partial charge < -0.3 is 15.0 Å². The van der Waals surface area contributed by atoms with E-state index in [1.807, 2.05) is 61.5 Å². The largest absolute Gasteiger partial charge is 0.494 e. The number of para-hydroxylation sites is 2. The van der Waals surface area contributed by atoms with Crippen molar-refractivity contribution in [3.63, 3.8) is 0 Å². The number of aromatic nitrogens is 1. The molecule has 1 aromatic heterocycles. The van der Waals surface area contributed by atoms with Gasteiger partial charge in [-0.2, -0.15) is 0 Å². The molecule has 0 unspecified atom stereocenters. The van der Waals surface area contributed by atoms with Crippen LogP contribution >= 0.6 is 0 Å². The second kappa shape index (κ2) is 8.02. The minimum atomic E-state index is -0.453. The minimum absolute atomic E-state index is 0.0709. The normalized spacial score (nSPS) is 10.7. The van der Waals surface area contributed by atoms with Crippen LogP contribution in [-0.4, -0.2) is 17.5 Å². The molecule has 4 rings (SSSR count). The maximum atomic E-state index is 12.9. The summed E-state index contributed by atoms with van der Waals surface area (Å²) in [5.41, 5.74) is 2.86. The number of aromatic amines is 1. The molecular formula is C24H20N2O3. The molecule has 1 heterocycles. The fourth-order valence-corrected chi connectivity index (χ4v) is 3.29. The van der Waals surface area contributed by atoms with E-state index in [4.69, 9.17) is 4.74 Å². The van der Waals surface area contributed by atoms with E-state index in [2.05, 4.69) is 10.3 Å². The van der Waals surface area contributed by atoms with Crippen LogP contribution in [0, 0.1) is 0 Å². The number of carbonyl (C=O) groups is 1. The minimum Gasteiger partial charge on any atom is -0.494 e. The van der Waals surface area contributed by atoms with Crippen LogP contribution in [0.1, 0.15) is 17.3 Å². The summed E-state index contributed by atoms with van der Waals surface area (Å²) in [5.74, 6) is 0.308. The zero-order chi connectivity index (χ0) is 20.2. The average Bonchev–Trinajstić information content (AvgIpc) is 2.75. The van der Waals surface area contributed by atoms with E-state index in [0.29, 0.717) is 23.2 Å². The van der Waals surface area contributed by atoms with Crippen LogP contribution in [0.5, 0.6) is 5.75 Å². The monoisotopic (exact) mass is 384 g/mol. The summed E-state index contributed by atoms with van der Waals surface area (Å²) in [6, 6.07) is 22.3. The zero-order valence-electron chi connectivity index (χ0n) is 15.9. The third kappa shape index (κ3) is 3.75. The summed E-state index contributed by atoms with van der Waals surface area (Å²) in [5, 5.41) is 3.37. The molecule has 0 atom stereocenters. The number of fused-ring (bicyclic) bond motifs is 1. The first-order chi connectivity index (χ1) is 14.2. The molecular weight excluding hydrogens is 364 g/mol. The Labute approximate surface area is 168 Å². The number of anilines is 1. The van der Waals surface area contributed by atoms with Crippen LogP contribution < -0.4 is 15.5 Å². The molecule has 0 fully saturated rings. The van der Waals surface area contributed by atoms with Crippen LogP contribution in [0.15, 0.2) is 83.8 Å². The molecule has 0 aliphatic rings. The topological polar surface area (TPSA) is 71.2 Å². The fraction of sp³-hybridized carbons (Fsp3) is 0.0833. The molecule has 0 bridgehead atoms. The van der Waals surface area contributed by atoms with Gasteiger partial charge in [-0.3, -0.25) is 9.59 Å². The van der Waals surface area contributed by atoms with Crippen molar-refractivity contribution in [1.29, 1.82) is 0 Å². The number of carbonyl (C=O) groups excluding carboxylic acids is 1. The Bertz CT molecular complexity index is 1240. The quantitative estimate of drug-likeness (QED) is 0.517. The van der Waals surface area contributed by atoms with E-state index in [1.54, 1.807) is 18.2 Å². The third-order valence-corrected chi connectivity index (χ3v) is 4.66. The van der Waals surface area contributed by atoms with Crippen LogP contribution in [-0.2, 0) is 0 Å². The number of nitrogens with one attached hydrogen (secondary N) is 2. The van der Waals surface area contributed by atoms with Gasteiger partial charge in [0.05, 0.1) is 6.61 Å². The van der Waals surface area contributed by atoms with Gasteiger partial charge in [-0.05, 0) is 42.8 Å². The Morgan fingerprint density at radius 1 is 1.00 bits per heavy atom. The Hall–Kier alpha value is -3.86. The molecule has 4 aromatic rings. The molecule has 5 heteroatoms. The standard InChI is InChI=1S/C24H20N2O3/c1-2-29-17-9-7-8-16(14-17)18-10-3-6-13-22(18)26-24(28)20-15-25-21-12-5-4-11-19(21)23(20)27/h3-15H,2H2,1H3,(H,25,27)(H,26,28). The van der Waals surface area contributed by atoms with Crippen molar-refractivity contribution in [3.05, 3.63) is 94.8 Å². The highest BCUT2D eigenvalue weighted by atomic mass is 16.5. The summed E-state index contributed by atoms with van der Waals surface area (Å²) in [4.78, 5) is 28.6. The van der Waals surface area contributed by atoms with E-state index in [1.165, 1.54) is 6.20 Å².